The van der Waals surface area contributed by atoms with Gasteiger partial charge in [0.15, 0.2) is 0 Å². The molecule has 0 radical (unpaired) electrons. The van der Waals surface area contributed by atoms with Crippen molar-refractivity contribution in [1.82, 2.24) is 0 Å². The lowest BCUT2D eigenvalue weighted by atomic mass is 9.89. The molecule has 1 atom stereocenters. The molecule has 0 aliphatic carbocycles. The molecule has 0 fully saturated rings. The molecule has 0 saturated carbocycles. The van der Waals surface area contributed by atoms with Crippen molar-refractivity contribution in [3.05, 3.63) is 0 Å². The first-order valence-corrected chi connectivity index (χ1v) is 6.70. The molecule has 20 heavy (non-hydrogen) atoms. The maximum Gasteiger partial charge on any atom is 0.313 e. The van der Waals surface area contributed by atoms with E-state index < -0.39 is 18.0 Å². The van der Waals surface area contributed by atoms with Gasteiger partial charge in [-0.05, 0) is 11.8 Å². The lowest BCUT2D eigenvalue weighted by molar-refractivity contribution is -0.134. The fourth-order valence-corrected chi connectivity index (χ4v) is 0.771. The Kier molecular flexibility index (Phi) is 23.3. The summed E-state index contributed by atoms with van der Waals surface area (Å²) in [6.45, 7) is 5.97. The van der Waals surface area contributed by atoms with Crippen molar-refractivity contribution >= 4 is 45.6 Å². The predicted molar refractivity (Wildman–Crippen MR) is 90.1 cm³/mol. The Morgan fingerprint density at radius 2 is 1.30 bits per heavy atom. The Balaban J connectivity index is -0.000000101. The highest BCUT2D eigenvalue weighted by Gasteiger charge is 2.15. The molecule has 0 aromatic heterocycles. The van der Waals surface area contributed by atoms with Gasteiger partial charge in [0.2, 0.25) is 0 Å². The number of hydrogen-bond acceptors (Lipinski definition) is 6. The maximum absolute atomic E-state index is 9.29. The quantitative estimate of drug-likeness (QED) is 0.309. The zero-order valence-corrected chi connectivity index (χ0v) is 13.2. The predicted octanol–water partition coefficient (Wildman–Crippen LogP) is -0.407. The van der Waals surface area contributed by atoms with E-state index in [1.165, 1.54) is 0 Å². The molecule has 0 aromatic carbocycles. The molecule has 0 aliphatic heterocycles. The normalized spacial score (nSPS) is 10.8. The number of thiol groups is 2. The molecule has 122 valence electrons. The SMILES string of the molecule is B.CC(C)(C)CC(O)CO.O=C(O)CS.O=C(O)CS. The van der Waals surface area contributed by atoms with Crippen molar-refractivity contribution in [2.24, 2.45) is 5.41 Å². The first-order chi connectivity index (χ1) is 8.49. The molecule has 9 heteroatoms. The zero-order valence-electron chi connectivity index (χ0n) is 11.4. The van der Waals surface area contributed by atoms with Gasteiger partial charge in [-0.3, -0.25) is 9.59 Å². The van der Waals surface area contributed by atoms with Crippen molar-refractivity contribution in [3.63, 3.8) is 0 Å². The first-order valence-electron chi connectivity index (χ1n) is 5.44. The maximum atomic E-state index is 9.29. The third-order valence-electron chi connectivity index (χ3n) is 1.33. The molecular formula is C11H27BO6S2. The van der Waals surface area contributed by atoms with Crippen LogP contribution in [0.25, 0.3) is 0 Å². The van der Waals surface area contributed by atoms with E-state index in [1.54, 1.807) is 0 Å². The van der Waals surface area contributed by atoms with E-state index >= 15 is 0 Å². The van der Waals surface area contributed by atoms with Crippen molar-refractivity contribution < 1.29 is 30.0 Å². The summed E-state index contributed by atoms with van der Waals surface area (Å²) in [6.07, 6.45) is 0.105. The lowest BCUT2D eigenvalue weighted by Crippen LogP contribution is -2.20. The van der Waals surface area contributed by atoms with E-state index in [0.717, 1.165) is 0 Å². The van der Waals surface area contributed by atoms with Crippen molar-refractivity contribution in [1.29, 1.82) is 0 Å². The summed E-state index contributed by atoms with van der Waals surface area (Å²) >= 11 is 6.83. The second-order valence-corrected chi connectivity index (χ2v) is 5.34. The van der Waals surface area contributed by atoms with Gasteiger partial charge in [0.25, 0.3) is 0 Å². The van der Waals surface area contributed by atoms with Crippen LogP contribution >= 0.6 is 25.3 Å². The van der Waals surface area contributed by atoms with Crippen LogP contribution in [0.15, 0.2) is 0 Å². The summed E-state index contributed by atoms with van der Waals surface area (Å²) in [4.78, 5) is 18.6. The molecule has 6 nitrogen and oxygen atoms in total. The van der Waals surface area contributed by atoms with Crippen LogP contribution in [0.5, 0.6) is 0 Å². The molecule has 0 bridgehead atoms. The highest BCUT2D eigenvalue weighted by atomic mass is 32.1. The number of aliphatic hydroxyl groups is 2. The van der Waals surface area contributed by atoms with Gasteiger partial charge in [0, 0.05) is 0 Å². The zero-order chi connectivity index (χ0) is 16.1. The van der Waals surface area contributed by atoms with Crippen LogP contribution in [0.2, 0.25) is 0 Å². The van der Waals surface area contributed by atoms with Gasteiger partial charge in [-0.25, -0.2) is 0 Å². The van der Waals surface area contributed by atoms with Gasteiger partial charge < -0.3 is 20.4 Å². The summed E-state index contributed by atoms with van der Waals surface area (Å²) < 4.78 is 0. The molecule has 0 aromatic rings. The van der Waals surface area contributed by atoms with E-state index in [2.05, 4.69) is 25.3 Å². The van der Waals surface area contributed by atoms with Crippen molar-refractivity contribution in [2.75, 3.05) is 18.1 Å². The van der Waals surface area contributed by atoms with E-state index in [4.69, 9.17) is 20.4 Å². The molecule has 0 spiro atoms. The largest absolute Gasteiger partial charge is 0.481 e. The second-order valence-electron chi connectivity index (χ2n) is 4.70. The van der Waals surface area contributed by atoms with Crippen LogP contribution in [0.4, 0.5) is 0 Å². The average molecular weight is 330 g/mol. The Morgan fingerprint density at radius 1 is 1.05 bits per heavy atom. The Hall–Kier alpha value is -0.375. The molecule has 0 aliphatic rings. The van der Waals surface area contributed by atoms with Crippen molar-refractivity contribution in [2.45, 2.75) is 33.3 Å². The Morgan fingerprint density at radius 3 is 1.35 bits per heavy atom. The number of aliphatic carboxylic acids is 2. The van der Waals surface area contributed by atoms with Crippen molar-refractivity contribution in [3.8, 4) is 0 Å². The van der Waals surface area contributed by atoms with E-state index in [1.807, 2.05) is 20.8 Å². The minimum atomic E-state index is -0.881. The van der Waals surface area contributed by atoms with Crippen LogP contribution in [-0.2, 0) is 9.59 Å². The third-order valence-corrected chi connectivity index (χ3v) is 1.87. The molecule has 0 heterocycles. The van der Waals surface area contributed by atoms with Gasteiger partial charge in [0.05, 0.1) is 32.6 Å². The molecule has 4 N–H and O–H groups in total. The molecular weight excluding hydrogens is 303 g/mol. The van der Waals surface area contributed by atoms with Crippen LogP contribution < -0.4 is 0 Å². The topological polar surface area (TPSA) is 115 Å². The lowest BCUT2D eigenvalue weighted by Gasteiger charge is -2.20. The average Bonchev–Trinajstić information content (AvgIpc) is 2.28. The van der Waals surface area contributed by atoms with Crippen LogP contribution in [0, 0.1) is 5.41 Å². The Labute approximate surface area is 133 Å². The Bertz CT molecular complexity index is 232. The highest BCUT2D eigenvalue weighted by Crippen LogP contribution is 2.20. The monoisotopic (exact) mass is 330 g/mol. The van der Waals surface area contributed by atoms with Gasteiger partial charge in [-0.2, -0.15) is 25.3 Å². The third kappa shape index (κ3) is 43.2. The molecule has 0 saturated heterocycles. The minimum Gasteiger partial charge on any atom is -0.481 e. The van der Waals surface area contributed by atoms with Gasteiger partial charge in [-0.1, -0.05) is 20.8 Å². The van der Waals surface area contributed by atoms with Gasteiger partial charge in [0.1, 0.15) is 0 Å². The van der Waals surface area contributed by atoms with Crippen LogP contribution in [0.3, 0.4) is 0 Å². The fourth-order valence-electron chi connectivity index (χ4n) is 0.771. The molecule has 1 unspecified atom stereocenters. The standard InChI is InChI=1S/C7H16O2.2C2H4O2S.BH3/c1-7(2,3)4-6(9)5-8;2*3-2(4)1-5;/h6,8-9H,4-5H2,1-3H3;2*5H,1H2,(H,3,4);1H3. The fraction of sp³-hybridized carbons (Fsp3) is 0.818. The summed E-state index contributed by atoms with van der Waals surface area (Å²) in [6, 6.07) is 0. The van der Waals surface area contributed by atoms with Crippen LogP contribution in [0.1, 0.15) is 27.2 Å². The number of aliphatic hydroxyl groups excluding tert-OH is 2. The van der Waals surface area contributed by atoms with Gasteiger partial charge in [-0.15, -0.1) is 0 Å². The highest BCUT2D eigenvalue weighted by molar-refractivity contribution is 7.81. The van der Waals surface area contributed by atoms with Crippen LogP contribution in [-0.4, -0.2) is 65.0 Å². The molecule has 0 rings (SSSR count). The smallest absolute Gasteiger partial charge is 0.313 e. The number of rotatable bonds is 4. The van der Waals surface area contributed by atoms with E-state index in [0.29, 0.717) is 6.42 Å². The minimum absolute atomic E-state index is 0. The second kappa shape index (κ2) is 16.7. The van der Waals surface area contributed by atoms with E-state index in [-0.39, 0.29) is 31.9 Å². The first kappa shape index (κ1) is 27.9. The number of carboxylic acids is 2. The number of carboxylic acid groups (broad SMARTS) is 2. The molecule has 0 amide bonds. The van der Waals surface area contributed by atoms with E-state index in [9.17, 15) is 9.59 Å². The summed E-state index contributed by atoms with van der Waals surface area (Å²) in [5.74, 6) is -1.93. The summed E-state index contributed by atoms with van der Waals surface area (Å²) in [5, 5.41) is 32.7. The summed E-state index contributed by atoms with van der Waals surface area (Å²) in [5.41, 5.74) is 0.113. The summed E-state index contributed by atoms with van der Waals surface area (Å²) in [7, 11) is 0. The van der Waals surface area contributed by atoms with Gasteiger partial charge >= 0.3 is 11.9 Å². The number of carbonyl (C=O) groups is 2. The number of hydrogen-bond donors (Lipinski definition) is 6.